The molecule has 0 amide bonds. The Morgan fingerprint density at radius 1 is 1.11 bits per heavy atom. The normalized spacial score (nSPS) is 10.3. The van der Waals surface area contributed by atoms with Crippen molar-refractivity contribution >= 4 is 5.82 Å². The van der Waals surface area contributed by atoms with Crippen LogP contribution in [0.15, 0.2) is 36.7 Å². The van der Waals surface area contributed by atoms with Gasteiger partial charge in [0.15, 0.2) is 0 Å². The van der Waals surface area contributed by atoms with E-state index in [0.717, 1.165) is 16.8 Å². The van der Waals surface area contributed by atoms with E-state index < -0.39 is 0 Å². The van der Waals surface area contributed by atoms with Gasteiger partial charge >= 0.3 is 0 Å². The Labute approximate surface area is 106 Å². The van der Waals surface area contributed by atoms with Crippen molar-refractivity contribution < 1.29 is 5.11 Å². The van der Waals surface area contributed by atoms with Crippen LogP contribution in [0.4, 0.5) is 5.82 Å². The minimum absolute atomic E-state index is 0.0734. The minimum Gasteiger partial charge on any atom is -0.395 e. The maximum atomic E-state index is 8.69. The molecule has 1 heterocycles. The molecular weight excluding hydrogens is 228 g/mol. The highest BCUT2D eigenvalue weighted by Gasteiger charge is 2.00. The van der Waals surface area contributed by atoms with Crippen LogP contribution in [0.3, 0.4) is 0 Å². The molecule has 5 nitrogen and oxygen atoms in total. The van der Waals surface area contributed by atoms with Gasteiger partial charge in [-0.15, -0.1) is 0 Å². The fourth-order valence-electron chi connectivity index (χ4n) is 1.56. The Morgan fingerprint density at radius 3 is 2.44 bits per heavy atom. The third-order valence-corrected chi connectivity index (χ3v) is 2.56. The predicted octanol–water partition coefficient (Wildman–Crippen LogP) is 1.01. The molecule has 0 fully saturated rings. The first-order valence-corrected chi connectivity index (χ1v) is 5.79. The van der Waals surface area contributed by atoms with Gasteiger partial charge in [0.2, 0.25) is 0 Å². The molecule has 94 valence electrons. The number of aliphatic hydroxyl groups is 1. The zero-order valence-corrected chi connectivity index (χ0v) is 10.0. The van der Waals surface area contributed by atoms with E-state index in [9.17, 15) is 0 Å². The summed E-state index contributed by atoms with van der Waals surface area (Å²) in [5.74, 6) is 0.659. The highest BCUT2D eigenvalue weighted by Crippen LogP contribution is 2.17. The molecule has 5 heteroatoms. The Bertz CT molecular complexity index is 481. The molecule has 0 aliphatic rings. The number of hydrogen-bond acceptors (Lipinski definition) is 5. The lowest BCUT2D eigenvalue weighted by Crippen LogP contribution is -2.07. The standard InChI is InChI=1S/C13H16N4O/c14-7-10-1-3-11(4-2-10)12-8-17-13(9-16-12)15-5-6-18/h1-4,8-9,18H,5-7,14H2,(H,15,17). The second-order valence-electron chi connectivity index (χ2n) is 3.84. The van der Waals surface area contributed by atoms with Gasteiger partial charge < -0.3 is 16.2 Å². The van der Waals surface area contributed by atoms with Gasteiger partial charge in [-0.1, -0.05) is 24.3 Å². The summed E-state index contributed by atoms with van der Waals surface area (Å²) in [5, 5.41) is 11.6. The molecule has 0 spiro atoms. The van der Waals surface area contributed by atoms with E-state index in [1.54, 1.807) is 12.4 Å². The molecule has 0 aliphatic heterocycles. The number of anilines is 1. The average molecular weight is 244 g/mol. The molecule has 2 rings (SSSR count). The summed E-state index contributed by atoms with van der Waals surface area (Å²) >= 11 is 0. The number of nitrogens with one attached hydrogen (secondary N) is 1. The Kier molecular flexibility index (Phi) is 4.22. The molecule has 0 saturated heterocycles. The maximum Gasteiger partial charge on any atom is 0.144 e. The second-order valence-corrected chi connectivity index (χ2v) is 3.84. The Balaban J connectivity index is 2.12. The van der Waals surface area contributed by atoms with Crippen molar-refractivity contribution in [2.75, 3.05) is 18.5 Å². The van der Waals surface area contributed by atoms with Gasteiger partial charge in [-0.05, 0) is 5.56 Å². The highest BCUT2D eigenvalue weighted by atomic mass is 16.3. The fraction of sp³-hybridized carbons (Fsp3) is 0.231. The molecule has 2 aromatic rings. The van der Waals surface area contributed by atoms with Crippen molar-refractivity contribution in [3.63, 3.8) is 0 Å². The molecule has 0 aliphatic carbocycles. The average Bonchev–Trinajstić information content (AvgIpc) is 2.46. The van der Waals surface area contributed by atoms with Crippen molar-refractivity contribution in [3.05, 3.63) is 42.2 Å². The number of nitrogens with zero attached hydrogens (tertiary/aromatic N) is 2. The second kappa shape index (κ2) is 6.09. The van der Waals surface area contributed by atoms with Crippen LogP contribution in [0.5, 0.6) is 0 Å². The van der Waals surface area contributed by atoms with Crippen molar-refractivity contribution in [2.45, 2.75) is 6.54 Å². The molecule has 0 bridgehead atoms. The first-order chi connectivity index (χ1) is 8.83. The van der Waals surface area contributed by atoms with Crippen molar-refractivity contribution in [3.8, 4) is 11.3 Å². The molecular formula is C13H16N4O. The van der Waals surface area contributed by atoms with E-state index >= 15 is 0 Å². The van der Waals surface area contributed by atoms with Gasteiger partial charge in [0.1, 0.15) is 5.82 Å². The lowest BCUT2D eigenvalue weighted by molar-refractivity contribution is 0.311. The van der Waals surface area contributed by atoms with Crippen LogP contribution in [0.1, 0.15) is 5.56 Å². The molecule has 1 aromatic carbocycles. The molecule has 18 heavy (non-hydrogen) atoms. The van der Waals surface area contributed by atoms with E-state index in [4.69, 9.17) is 10.8 Å². The number of benzene rings is 1. The summed E-state index contributed by atoms with van der Waals surface area (Å²) < 4.78 is 0. The first kappa shape index (κ1) is 12.5. The van der Waals surface area contributed by atoms with E-state index in [-0.39, 0.29) is 6.61 Å². The van der Waals surface area contributed by atoms with Crippen LogP contribution < -0.4 is 11.1 Å². The van der Waals surface area contributed by atoms with Crippen LogP contribution in [0.25, 0.3) is 11.3 Å². The zero-order chi connectivity index (χ0) is 12.8. The highest BCUT2D eigenvalue weighted by molar-refractivity contribution is 5.59. The summed E-state index contributed by atoms with van der Waals surface area (Å²) in [7, 11) is 0. The van der Waals surface area contributed by atoms with Gasteiger partial charge in [0, 0.05) is 18.7 Å². The van der Waals surface area contributed by atoms with Crippen molar-refractivity contribution in [2.24, 2.45) is 5.73 Å². The molecule has 0 unspecified atom stereocenters. The van der Waals surface area contributed by atoms with Gasteiger partial charge in [-0.3, -0.25) is 4.98 Å². The van der Waals surface area contributed by atoms with E-state index in [0.29, 0.717) is 18.9 Å². The van der Waals surface area contributed by atoms with Crippen LogP contribution >= 0.6 is 0 Å². The third kappa shape index (κ3) is 3.03. The molecule has 0 atom stereocenters. The van der Waals surface area contributed by atoms with Crippen LogP contribution in [-0.2, 0) is 6.54 Å². The topological polar surface area (TPSA) is 84.1 Å². The smallest absolute Gasteiger partial charge is 0.144 e. The summed E-state index contributed by atoms with van der Waals surface area (Å²) in [6.07, 6.45) is 3.36. The van der Waals surface area contributed by atoms with Crippen LogP contribution in [-0.4, -0.2) is 28.2 Å². The lowest BCUT2D eigenvalue weighted by atomic mass is 10.1. The number of rotatable bonds is 5. The van der Waals surface area contributed by atoms with Gasteiger partial charge in [0.25, 0.3) is 0 Å². The van der Waals surface area contributed by atoms with E-state index in [1.165, 1.54) is 0 Å². The first-order valence-electron chi connectivity index (χ1n) is 5.79. The minimum atomic E-state index is 0.0734. The number of nitrogens with two attached hydrogens (primary N) is 1. The summed E-state index contributed by atoms with van der Waals surface area (Å²) in [5.41, 5.74) is 8.46. The molecule has 0 radical (unpaired) electrons. The van der Waals surface area contributed by atoms with Crippen molar-refractivity contribution in [1.82, 2.24) is 9.97 Å². The van der Waals surface area contributed by atoms with Crippen LogP contribution in [0, 0.1) is 0 Å². The van der Waals surface area contributed by atoms with Crippen molar-refractivity contribution in [1.29, 1.82) is 0 Å². The van der Waals surface area contributed by atoms with E-state index in [1.807, 2.05) is 24.3 Å². The van der Waals surface area contributed by atoms with Gasteiger partial charge in [-0.25, -0.2) is 4.98 Å². The number of aromatic nitrogens is 2. The number of hydrogen-bond donors (Lipinski definition) is 3. The largest absolute Gasteiger partial charge is 0.395 e. The molecule has 0 saturated carbocycles. The lowest BCUT2D eigenvalue weighted by Gasteiger charge is -2.05. The maximum absolute atomic E-state index is 8.69. The summed E-state index contributed by atoms with van der Waals surface area (Å²) in [6.45, 7) is 1.08. The van der Waals surface area contributed by atoms with Crippen LogP contribution in [0.2, 0.25) is 0 Å². The quantitative estimate of drug-likeness (QED) is 0.731. The zero-order valence-electron chi connectivity index (χ0n) is 10.0. The third-order valence-electron chi connectivity index (χ3n) is 2.56. The van der Waals surface area contributed by atoms with E-state index in [2.05, 4.69) is 15.3 Å². The predicted molar refractivity (Wildman–Crippen MR) is 70.9 cm³/mol. The SMILES string of the molecule is NCc1ccc(-c2cnc(NCCO)cn2)cc1. The molecule has 1 aromatic heterocycles. The fourth-order valence-corrected chi connectivity index (χ4v) is 1.56. The molecule has 4 N–H and O–H groups in total. The van der Waals surface area contributed by atoms with Gasteiger partial charge in [0.05, 0.1) is 24.7 Å². The Morgan fingerprint density at radius 2 is 1.89 bits per heavy atom. The summed E-state index contributed by atoms with van der Waals surface area (Å²) in [6, 6.07) is 7.92. The van der Waals surface area contributed by atoms with Gasteiger partial charge in [-0.2, -0.15) is 0 Å². The Hall–Kier alpha value is -1.98. The monoisotopic (exact) mass is 244 g/mol. The number of aliphatic hydroxyl groups excluding tert-OH is 1. The summed E-state index contributed by atoms with van der Waals surface area (Å²) in [4.78, 5) is 8.55.